The first kappa shape index (κ1) is 11.3. The van der Waals surface area contributed by atoms with E-state index in [1.807, 2.05) is 12.1 Å². The first-order chi connectivity index (χ1) is 8.59. The van der Waals surface area contributed by atoms with Crippen LogP contribution in [0.5, 0.6) is 0 Å². The summed E-state index contributed by atoms with van der Waals surface area (Å²) in [6.45, 7) is 6.49. The lowest BCUT2D eigenvalue weighted by Gasteiger charge is -2.43. The van der Waals surface area contributed by atoms with Crippen molar-refractivity contribution in [3.63, 3.8) is 0 Å². The molecule has 6 nitrogen and oxygen atoms in total. The Morgan fingerprint density at radius 3 is 2.83 bits per heavy atom. The Morgan fingerprint density at radius 2 is 2.06 bits per heavy atom. The fraction of sp³-hybridized carbons (Fsp3) is 0.500. The molecule has 1 aliphatic heterocycles. The summed E-state index contributed by atoms with van der Waals surface area (Å²) in [6, 6.07) is 3.81. The Hall–Kier alpha value is -1.82. The van der Waals surface area contributed by atoms with Gasteiger partial charge in [-0.25, -0.2) is 4.63 Å². The van der Waals surface area contributed by atoms with Crippen LogP contribution in [0.2, 0.25) is 0 Å². The van der Waals surface area contributed by atoms with Crippen LogP contribution in [-0.4, -0.2) is 35.6 Å². The van der Waals surface area contributed by atoms with E-state index in [0.29, 0.717) is 29.9 Å². The molecule has 0 radical (unpaired) electrons. The van der Waals surface area contributed by atoms with E-state index in [0.717, 1.165) is 12.2 Å². The van der Waals surface area contributed by atoms with E-state index in [2.05, 4.69) is 29.1 Å². The van der Waals surface area contributed by atoms with Crippen LogP contribution in [0.4, 0.5) is 11.4 Å². The van der Waals surface area contributed by atoms with Crippen molar-refractivity contribution in [1.29, 1.82) is 0 Å². The first-order valence-corrected chi connectivity index (χ1v) is 5.96. The lowest BCUT2D eigenvalue weighted by atomic mass is 10.0. The summed E-state index contributed by atoms with van der Waals surface area (Å²) in [7, 11) is 0. The summed E-state index contributed by atoms with van der Waals surface area (Å²) in [5.41, 5.74) is 8.69. The van der Waals surface area contributed by atoms with Gasteiger partial charge in [0.1, 0.15) is 0 Å². The fourth-order valence-electron chi connectivity index (χ4n) is 2.40. The van der Waals surface area contributed by atoms with Gasteiger partial charge in [0.25, 0.3) is 0 Å². The molecule has 0 saturated carbocycles. The third-order valence-corrected chi connectivity index (χ3v) is 3.36. The molecule has 96 valence electrons. The molecule has 18 heavy (non-hydrogen) atoms. The maximum Gasteiger partial charge on any atom is 0.160 e. The van der Waals surface area contributed by atoms with Gasteiger partial charge in [-0.1, -0.05) is 0 Å². The summed E-state index contributed by atoms with van der Waals surface area (Å²) in [5.74, 6) is 0. The lowest BCUT2D eigenvalue weighted by molar-refractivity contribution is 0.0645. The number of hydrogen-bond acceptors (Lipinski definition) is 6. The van der Waals surface area contributed by atoms with Crippen molar-refractivity contribution in [3.05, 3.63) is 12.1 Å². The number of morpholine rings is 1. The quantitative estimate of drug-likeness (QED) is 0.769. The summed E-state index contributed by atoms with van der Waals surface area (Å²) in [4.78, 5) is 2.27. The maximum absolute atomic E-state index is 5.86. The topological polar surface area (TPSA) is 77.4 Å². The highest BCUT2D eigenvalue weighted by Crippen LogP contribution is 2.33. The zero-order valence-corrected chi connectivity index (χ0v) is 10.5. The van der Waals surface area contributed by atoms with Gasteiger partial charge in [0.05, 0.1) is 30.1 Å². The highest BCUT2D eigenvalue weighted by Gasteiger charge is 2.32. The second kappa shape index (κ2) is 3.84. The van der Waals surface area contributed by atoms with Crippen molar-refractivity contribution in [2.24, 2.45) is 0 Å². The van der Waals surface area contributed by atoms with Gasteiger partial charge in [0.15, 0.2) is 11.0 Å². The summed E-state index contributed by atoms with van der Waals surface area (Å²) in [6.07, 6.45) is 0. The molecule has 2 N–H and O–H groups in total. The summed E-state index contributed by atoms with van der Waals surface area (Å²) < 4.78 is 10.3. The van der Waals surface area contributed by atoms with Gasteiger partial charge in [0.2, 0.25) is 0 Å². The number of ether oxygens (including phenoxy) is 1. The molecule has 0 unspecified atom stereocenters. The SMILES string of the molecule is CC1(C)COCCN1c1ccc(N)c2nonc12. The molecule has 0 bridgehead atoms. The largest absolute Gasteiger partial charge is 0.397 e. The monoisotopic (exact) mass is 248 g/mol. The van der Waals surface area contributed by atoms with Crippen LogP contribution in [-0.2, 0) is 4.74 Å². The Kier molecular flexibility index (Phi) is 2.41. The van der Waals surface area contributed by atoms with Crippen molar-refractivity contribution in [1.82, 2.24) is 10.3 Å². The first-order valence-electron chi connectivity index (χ1n) is 5.96. The van der Waals surface area contributed by atoms with Crippen LogP contribution in [0, 0.1) is 0 Å². The normalized spacial score (nSPS) is 19.3. The van der Waals surface area contributed by atoms with Gasteiger partial charge in [-0.05, 0) is 36.3 Å². The number of nitrogens with two attached hydrogens (primary N) is 1. The minimum atomic E-state index is -0.0831. The third-order valence-electron chi connectivity index (χ3n) is 3.36. The Balaban J connectivity index is 2.14. The van der Waals surface area contributed by atoms with E-state index >= 15 is 0 Å². The van der Waals surface area contributed by atoms with Gasteiger partial charge in [-0.15, -0.1) is 0 Å². The van der Waals surface area contributed by atoms with E-state index in [9.17, 15) is 0 Å². The van der Waals surface area contributed by atoms with Crippen molar-refractivity contribution >= 4 is 22.4 Å². The second-order valence-electron chi connectivity index (χ2n) is 5.15. The average Bonchev–Trinajstić information content (AvgIpc) is 2.80. The van der Waals surface area contributed by atoms with Crippen LogP contribution >= 0.6 is 0 Å². The Labute approximate surface area is 105 Å². The van der Waals surface area contributed by atoms with Crippen LogP contribution in [0.3, 0.4) is 0 Å². The molecule has 6 heteroatoms. The molecule has 2 heterocycles. The molecule has 1 aromatic carbocycles. The van der Waals surface area contributed by atoms with Crippen LogP contribution in [0.1, 0.15) is 13.8 Å². The highest BCUT2D eigenvalue weighted by molar-refractivity contribution is 5.95. The van der Waals surface area contributed by atoms with E-state index in [4.69, 9.17) is 15.1 Å². The number of benzene rings is 1. The van der Waals surface area contributed by atoms with Crippen molar-refractivity contribution in [3.8, 4) is 0 Å². The molecule has 0 atom stereocenters. The number of nitrogens with zero attached hydrogens (tertiary/aromatic N) is 3. The zero-order chi connectivity index (χ0) is 12.8. The van der Waals surface area contributed by atoms with Gasteiger partial charge in [0, 0.05) is 6.54 Å². The molecule has 1 aromatic heterocycles. The minimum absolute atomic E-state index is 0.0831. The van der Waals surface area contributed by atoms with Gasteiger partial charge < -0.3 is 15.4 Å². The number of nitrogen functional groups attached to an aromatic ring is 1. The smallest absolute Gasteiger partial charge is 0.160 e. The van der Waals surface area contributed by atoms with E-state index in [-0.39, 0.29) is 5.54 Å². The highest BCUT2D eigenvalue weighted by atomic mass is 16.6. The molecular weight excluding hydrogens is 232 g/mol. The van der Waals surface area contributed by atoms with Crippen LogP contribution in [0.25, 0.3) is 11.0 Å². The second-order valence-corrected chi connectivity index (χ2v) is 5.15. The minimum Gasteiger partial charge on any atom is -0.397 e. The summed E-state index contributed by atoms with van der Waals surface area (Å²) >= 11 is 0. The lowest BCUT2D eigenvalue weighted by Crippen LogP contribution is -2.53. The zero-order valence-electron chi connectivity index (χ0n) is 10.5. The van der Waals surface area contributed by atoms with E-state index < -0.39 is 0 Å². The van der Waals surface area contributed by atoms with Crippen LogP contribution in [0.15, 0.2) is 16.8 Å². The summed E-state index contributed by atoms with van der Waals surface area (Å²) in [5, 5.41) is 7.82. The van der Waals surface area contributed by atoms with Gasteiger partial charge in [-0.2, -0.15) is 0 Å². The molecule has 2 aromatic rings. The van der Waals surface area contributed by atoms with Crippen molar-refractivity contribution < 1.29 is 9.37 Å². The van der Waals surface area contributed by atoms with Crippen molar-refractivity contribution in [2.75, 3.05) is 30.4 Å². The molecule has 0 spiro atoms. The number of hydrogen-bond donors (Lipinski definition) is 1. The number of aromatic nitrogens is 2. The van der Waals surface area contributed by atoms with Gasteiger partial charge in [-0.3, -0.25) is 0 Å². The predicted octanol–water partition coefficient (Wildman–Crippen LogP) is 1.42. The third kappa shape index (κ3) is 1.60. The van der Waals surface area contributed by atoms with Crippen molar-refractivity contribution in [2.45, 2.75) is 19.4 Å². The molecule has 1 aliphatic rings. The predicted molar refractivity (Wildman–Crippen MR) is 68.5 cm³/mol. The number of anilines is 2. The fourth-order valence-corrected chi connectivity index (χ4v) is 2.40. The molecule has 0 aliphatic carbocycles. The Morgan fingerprint density at radius 1 is 1.28 bits per heavy atom. The van der Waals surface area contributed by atoms with E-state index in [1.54, 1.807) is 0 Å². The number of fused-ring (bicyclic) bond motifs is 1. The van der Waals surface area contributed by atoms with Crippen LogP contribution < -0.4 is 10.6 Å². The standard InChI is InChI=1S/C12H16N4O2/c1-12(2)7-17-6-5-16(12)9-4-3-8(13)10-11(9)15-18-14-10/h3-4H,5-7,13H2,1-2H3. The average molecular weight is 248 g/mol. The Bertz CT molecular complexity index is 578. The molecule has 0 amide bonds. The van der Waals surface area contributed by atoms with Gasteiger partial charge >= 0.3 is 0 Å². The molecule has 1 fully saturated rings. The molecular formula is C12H16N4O2. The maximum atomic E-state index is 5.86. The molecule has 1 saturated heterocycles. The number of rotatable bonds is 1. The van der Waals surface area contributed by atoms with E-state index in [1.165, 1.54) is 0 Å². The molecule has 3 rings (SSSR count).